The van der Waals surface area contributed by atoms with Crippen LogP contribution < -0.4 is 0 Å². The molecule has 2 unspecified atom stereocenters. The second-order valence-corrected chi connectivity index (χ2v) is 32.1. The first-order valence-electron chi connectivity index (χ1n) is 42.3. The lowest BCUT2D eigenvalue weighted by molar-refractivity contribution is -0.161. The Balaban J connectivity index is 5.11. The van der Waals surface area contributed by atoms with E-state index in [0.29, 0.717) is 25.7 Å². The summed E-state index contributed by atoms with van der Waals surface area (Å²) in [6, 6.07) is 0. The Labute approximate surface area is 613 Å². The van der Waals surface area contributed by atoms with Gasteiger partial charge in [-0.15, -0.1) is 0 Å². The molecule has 0 heterocycles. The molecule has 0 radical (unpaired) electrons. The van der Waals surface area contributed by atoms with Crippen molar-refractivity contribution >= 4 is 39.5 Å². The minimum atomic E-state index is -4.96. The SMILES string of the molecule is CCCCCCCCCCCCCCCCCCCCCCCCC(=O)O[C@H](COC(=O)CCCCCCCCCCCCCCCCCCCCCCC)COP(=O)(O)OC[C@@H](O)COP(=O)(O)OC[C@@H](COC(=O)CCCCCCCCC)OC(=O)CCCCCCCCCCCC. The number of aliphatic hydroxyl groups excluding tert-OH is 1. The van der Waals surface area contributed by atoms with Gasteiger partial charge in [-0.3, -0.25) is 37.3 Å². The quantitative estimate of drug-likeness (QED) is 0.0222. The van der Waals surface area contributed by atoms with E-state index in [4.69, 9.17) is 37.0 Å². The minimum absolute atomic E-state index is 0.107. The molecule has 0 fully saturated rings. The number of carbonyl (C=O) groups excluding carboxylic acids is 4. The Bertz CT molecular complexity index is 1890. The lowest BCUT2D eigenvalue weighted by atomic mass is 10.0. The molecule has 5 atom stereocenters. The van der Waals surface area contributed by atoms with Crippen molar-refractivity contribution < 1.29 is 80.2 Å². The molecule has 594 valence electrons. The largest absolute Gasteiger partial charge is 0.472 e. The van der Waals surface area contributed by atoms with Gasteiger partial charge >= 0.3 is 39.5 Å². The van der Waals surface area contributed by atoms with Crippen LogP contribution in [0.15, 0.2) is 0 Å². The maximum Gasteiger partial charge on any atom is 0.472 e. The number of phosphoric ester groups is 2. The summed E-state index contributed by atoms with van der Waals surface area (Å²) in [5, 5.41) is 10.6. The third-order valence-electron chi connectivity index (χ3n) is 19.1. The first-order chi connectivity index (χ1) is 48.7. The normalized spacial score (nSPS) is 13.8. The standard InChI is InChI=1S/C81H158O17P2/c1-5-9-13-17-21-24-27-29-31-33-35-37-39-41-43-45-47-49-52-56-60-64-68-81(86)98-77(72-92-79(84)66-62-58-54-51-48-46-44-42-40-38-36-34-32-30-28-25-22-18-14-10-6-2)74-96-100(89,90)94-70-75(82)69-93-99(87,88)95-73-76(71-91-78(83)65-61-57-53-20-16-12-8-4)97-80(85)67-63-59-55-50-26-23-19-15-11-7-3/h75-77,82H,5-74H2,1-4H3,(H,87,88)(H,89,90)/t75-,76+,77+/m0/s1. The van der Waals surface area contributed by atoms with Crippen molar-refractivity contribution in [3.8, 4) is 0 Å². The van der Waals surface area contributed by atoms with E-state index in [1.54, 1.807) is 0 Å². The second-order valence-electron chi connectivity index (χ2n) is 29.2. The molecule has 19 heteroatoms. The smallest absolute Gasteiger partial charge is 0.462 e. The summed E-state index contributed by atoms with van der Waals surface area (Å²) in [6.45, 7) is 4.96. The van der Waals surface area contributed by atoms with Gasteiger partial charge in [-0.1, -0.05) is 387 Å². The van der Waals surface area contributed by atoms with Crippen LogP contribution in [-0.4, -0.2) is 96.7 Å². The van der Waals surface area contributed by atoms with E-state index >= 15 is 0 Å². The van der Waals surface area contributed by atoms with E-state index < -0.39 is 97.5 Å². The van der Waals surface area contributed by atoms with Gasteiger partial charge in [0, 0.05) is 25.7 Å². The van der Waals surface area contributed by atoms with Crippen LogP contribution in [0.3, 0.4) is 0 Å². The molecular weight excluding hydrogens is 1310 g/mol. The summed E-state index contributed by atoms with van der Waals surface area (Å²) in [5.74, 6) is -2.11. The average Bonchev–Trinajstić information content (AvgIpc) is 0.934. The Hall–Kier alpha value is -1.94. The number of carbonyl (C=O) groups is 4. The topological polar surface area (TPSA) is 237 Å². The fourth-order valence-corrected chi connectivity index (χ4v) is 14.2. The molecule has 0 rings (SSSR count). The second kappa shape index (κ2) is 75.3. The summed E-state index contributed by atoms with van der Waals surface area (Å²) in [7, 11) is -9.91. The highest BCUT2D eigenvalue weighted by molar-refractivity contribution is 7.47. The lowest BCUT2D eigenvalue weighted by Gasteiger charge is -2.21. The number of hydrogen-bond acceptors (Lipinski definition) is 15. The molecule has 3 N–H and O–H groups in total. The van der Waals surface area contributed by atoms with E-state index in [-0.39, 0.29) is 25.7 Å². The van der Waals surface area contributed by atoms with Crippen molar-refractivity contribution in [2.45, 2.75) is 457 Å². The number of esters is 4. The maximum atomic E-state index is 13.1. The molecule has 0 bridgehead atoms. The number of rotatable bonds is 82. The molecule has 0 spiro atoms. The first kappa shape index (κ1) is 98.1. The van der Waals surface area contributed by atoms with Gasteiger partial charge in [0.15, 0.2) is 12.2 Å². The molecule has 17 nitrogen and oxygen atoms in total. The van der Waals surface area contributed by atoms with Crippen LogP contribution >= 0.6 is 15.6 Å². The predicted molar refractivity (Wildman–Crippen MR) is 409 cm³/mol. The molecule has 0 aromatic heterocycles. The van der Waals surface area contributed by atoms with Crippen molar-refractivity contribution in [1.29, 1.82) is 0 Å². The summed E-state index contributed by atoms with van der Waals surface area (Å²) in [4.78, 5) is 72.7. The van der Waals surface area contributed by atoms with Gasteiger partial charge in [0.05, 0.1) is 26.4 Å². The third kappa shape index (κ3) is 74.3. The Morgan fingerprint density at radius 3 is 0.590 bits per heavy atom. The number of phosphoric acid groups is 2. The van der Waals surface area contributed by atoms with Gasteiger partial charge in [0.1, 0.15) is 19.3 Å². The molecule has 0 saturated carbocycles. The predicted octanol–water partition coefficient (Wildman–Crippen LogP) is 24.6. The van der Waals surface area contributed by atoms with Crippen LogP contribution in [-0.2, 0) is 65.4 Å². The summed E-state index contributed by atoms with van der Waals surface area (Å²) >= 11 is 0. The molecule has 0 aromatic carbocycles. The van der Waals surface area contributed by atoms with E-state index in [2.05, 4.69) is 27.7 Å². The van der Waals surface area contributed by atoms with Crippen LogP contribution in [0.2, 0.25) is 0 Å². The summed E-state index contributed by atoms with van der Waals surface area (Å²) in [5.41, 5.74) is 0. The fourth-order valence-electron chi connectivity index (χ4n) is 12.6. The average molecular weight is 1470 g/mol. The van der Waals surface area contributed by atoms with Gasteiger partial charge in [0.2, 0.25) is 0 Å². The van der Waals surface area contributed by atoms with Crippen molar-refractivity contribution in [3.05, 3.63) is 0 Å². The van der Waals surface area contributed by atoms with Gasteiger partial charge < -0.3 is 33.8 Å². The van der Waals surface area contributed by atoms with Crippen LogP contribution in [0.25, 0.3) is 0 Å². The number of aliphatic hydroxyl groups is 1. The van der Waals surface area contributed by atoms with E-state index in [9.17, 15) is 43.2 Å². The van der Waals surface area contributed by atoms with Crippen molar-refractivity contribution in [2.24, 2.45) is 0 Å². The molecule has 0 aromatic rings. The first-order valence-corrected chi connectivity index (χ1v) is 45.3. The highest BCUT2D eigenvalue weighted by Gasteiger charge is 2.30. The molecule has 0 aliphatic rings. The van der Waals surface area contributed by atoms with Crippen LogP contribution in [0.5, 0.6) is 0 Å². The maximum absolute atomic E-state index is 13.1. The van der Waals surface area contributed by atoms with Crippen LogP contribution in [0, 0.1) is 0 Å². The third-order valence-corrected chi connectivity index (χ3v) is 21.0. The molecule has 100 heavy (non-hydrogen) atoms. The van der Waals surface area contributed by atoms with Crippen LogP contribution in [0.1, 0.15) is 439 Å². The molecule has 0 aliphatic heterocycles. The van der Waals surface area contributed by atoms with Gasteiger partial charge in [0.25, 0.3) is 0 Å². The number of ether oxygens (including phenoxy) is 4. The zero-order chi connectivity index (χ0) is 73.2. The number of hydrogen-bond donors (Lipinski definition) is 3. The van der Waals surface area contributed by atoms with Crippen molar-refractivity contribution in [3.63, 3.8) is 0 Å². The molecule has 0 amide bonds. The van der Waals surface area contributed by atoms with E-state index in [1.165, 1.54) is 257 Å². The van der Waals surface area contributed by atoms with Gasteiger partial charge in [-0.05, 0) is 25.7 Å². The molecule has 0 saturated heterocycles. The zero-order valence-electron chi connectivity index (χ0n) is 65.2. The Morgan fingerprint density at radius 1 is 0.240 bits per heavy atom. The van der Waals surface area contributed by atoms with E-state index in [1.807, 2.05) is 0 Å². The monoisotopic (exact) mass is 1470 g/mol. The fraction of sp³-hybridized carbons (Fsp3) is 0.951. The van der Waals surface area contributed by atoms with Crippen molar-refractivity contribution in [2.75, 3.05) is 39.6 Å². The molecular formula is C81H158O17P2. The van der Waals surface area contributed by atoms with E-state index in [0.717, 1.165) is 103 Å². The summed E-state index contributed by atoms with van der Waals surface area (Å²) < 4.78 is 68.5. The Morgan fingerprint density at radius 2 is 0.400 bits per heavy atom. The minimum Gasteiger partial charge on any atom is -0.462 e. The number of unbranched alkanes of at least 4 members (excludes halogenated alkanes) is 56. The molecule has 0 aliphatic carbocycles. The highest BCUT2D eigenvalue weighted by Crippen LogP contribution is 2.45. The Kier molecular flexibility index (Phi) is 73.8. The zero-order valence-corrected chi connectivity index (χ0v) is 67.0. The van der Waals surface area contributed by atoms with Crippen molar-refractivity contribution in [1.82, 2.24) is 0 Å². The van der Waals surface area contributed by atoms with Crippen LogP contribution in [0.4, 0.5) is 0 Å². The summed E-state index contributed by atoms with van der Waals surface area (Å²) in [6.07, 6.45) is 68.5. The highest BCUT2D eigenvalue weighted by atomic mass is 31.2. The van der Waals surface area contributed by atoms with Gasteiger partial charge in [-0.2, -0.15) is 0 Å². The lowest BCUT2D eigenvalue weighted by Crippen LogP contribution is -2.30. The van der Waals surface area contributed by atoms with Gasteiger partial charge in [-0.25, -0.2) is 9.13 Å².